The molecule has 3 aromatic carbocycles. The molecular formula is C23H22N2O2S. The van der Waals surface area contributed by atoms with Crippen LogP contribution in [0.5, 0.6) is 0 Å². The van der Waals surface area contributed by atoms with E-state index in [9.17, 15) is 4.79 Å². The Morgan fingerprint density at radius 1 is 0.929 bits per heavy atom. The second-order valence-corrected chi connectivity index (χ2v) is 6.84. The molecule has 28 heavy (non-hydrogen) atoms. The van der Waals surface area contributed by atoms with E-state index in [0.29, 0.717) is 10.7 Å². The van der Waals surface area contributed by atoms with Gasteiger partial charge in [-0.25, -0.2) is 4.79 Å². The number of carbonyl (C=O) groups is 1. The van der Waals surface area contributed by atoms with E-state index in [4.69, 9.17) is 17.0 Å². The molecule has 0 aliphatic heterocycles. The second kappa shape index (κ2) is 9.15. The summed E-state index contributed by atoms with van der Waals surface area (Å²) in [6, 6.07) is 25.4. The first kappa shape index (κ1) is 19.6. The summed E-state index contributed by atoms with van der Waals surface area (Å²) in [5, 5.41) is 7.02. The molecule has 0 aliphatic rings. The third-order valence-electron chi connectivity index (χ3n) is 4.33. The third kappa shape index (κ3) is 4.96. The first-order valence-corrected chi connectivity index (χ1v) is 9.35. The topological polar surface area (TPSA) is 50.4 Å². The molecule has 0 aliphatic carbocycles. The Morgan fingerprint density at radius 2 is 1.64 bits per heavy atom. The summed E-state index contributed by atoms with van der Waals surface area (Å²) < 4.78 is 4.77. The quantitative estimate of drug-likeness (QED) is 0.481. The Kier molecular flexibility index (Phi) is 6.40. The zero-order valence-corrected chi connectivity index (χ0v) is 16.6. The summed E-state index contributed by atoms with van der Waals surface area (Å²) >= 11 is 5.54. The highest BCUT2D eigenvalue weighted by Crippen LogP contribution is 2.23. The van der Waals surface area contributed by atoms with Gasteiger partial charge in [0.25, 0.3) is 0 Å². The lowest BCUT2D eigenvalue weighted by atomic mass is 9.97. The summed E-state index contributed by atoms with van der Waals surface area (Å²) in [4.78, 5) is 11.7. The Bertz CT molecular complexity index is 973. The molecule has 5 heteroatoms. The van der Waals surface area contributed by atoms with E-state index in [-0.39, 0.29) is 12.0 Å². The Balaban J connectivity index is 1.81. The highest BCUT2D eigenvalue weighted by molar-refractivity contribution is 7.80. The van der Waals surface area contributed by atoms with Gasteiger partial charge in [-0.1, -0.05) is 66.2 Å². The Labute approximate surface area is 170 Å². The molecule has 0 saturated carbocycles. The predicted molar refractivity (Wildman–Crippen MR) is 117 cm³/mol. The first-order valence-electron chi connectivity index (χ1n) is 8.94. The SMILES string of the molecule is COC(=O)c1cccc(NC(=S)NC(c2ccccc2)c2cccc(C)c2)c1. The van der Waals surface area contributed by atoms with Crippen molar-refractivity contribution in [3.05, 3.63) is 101 Å². The van der Waals surface area contributed by atoms with Crippen molar-refractivity contribution in [3.63, 3.8) is 0 Å². The summed E-state index contributed by atoms with van der Waals surface area (Å²) in [7, 11) is 1.36. The number of anilines is 1. The average molecular weight is 391 g/mol. The number of methoxy groups -OCH3 is 1. The van der Waals surface area contributed by atoms with Crippen LogP contribution in [-0.2, 0) is 4.74 Å². The molecule has 142 valence electrons. The largest absolute Gasteiger partial charge is 0.465 e. The smallest absolute Gasteiger partial charge is 0.337 e. The van der Waals surface area contributed by atoms with Gasteiger partial charge in [0.1, 0.15) is 0 Å². The third-order valence-corrected chi connectivity index (χ3v) is 4.55. The number of carbonyl (C=O) groups excluding carboxylic acids is 1. The molecule has 1 atom stereocenters. The van der Waals surface area contributed by atoms with E-state index in [1.54, 1.807) is 18.2 Å². The minimum Gasteiger partial charge on any atom is -0.465 e. The van der Waals surface area contributed by atoms with Crippen LogP contribution in [0, 0.1) is 6.92 Å². The van der Waals surface area contributed by atoms with Crippen LogP contribution in [0.25, 0.3) is 0 Å². The zero-order chi connectivity index (χ0) is 19.9. The van der Waals surface area contributed by atoms with Crippen LogP contribution in [-0.4, -0.2) is 18.2 Å². The molecule has 0 bridgehead atoms. The number of benzene rings is 3. The zero-order valence-electron chi connectivity index (χ0n) is 15.8. The van der Waals surface area contributed by atoms with E-state index in [0.717, 1.165) is 16.8 Å². The van der Waals surface area contributed by atoms with Gasteiger partial charge in [0.15, 0.2) is 5.11 Å². The number of esters is 1. The van der Waals surface area contributed by atoms with E-state index in [1.807, 2.05) is 30.3 Å². The van der Waals surface area contributed by atoms with Crippen molar-refractivity contribution in [2.45, 2.75) is 13.0 Å². The summed E-state index contributed by atoms with van der Waals surface area (Å²) in [5.41, 5.74) is 4.61. The normalized spacial score (nSPS) is 11.4. The van der Waals surface area contributed by atoms with Gasteiger partial charge < -0.3 is 15.4 Å². The molecule has 0 fully saturated rings. The van der Waals surface area contributed by atoms with Gasteiger partial charge in [-0.15, -0.1) is 0 Å². The van der Waals surface area contributed by atoms with Crippen LogP contribution in [0.1, 0.15) is 33.1 Å². The van der Waals surface area contributed by atoms with Crippen molar-refractivity contribution in [2.75, 3.05) is 12.4 Å². The molecular weight excluding hydrogens is 368 g/mol. The maximum absolute atomic E-state index is 11.7. The molecule has 2 N–H and O–H groups in total. The van der Waals surface area contributed by atoms with Crippen LogP contribution >= 0.6 is 12.2 Å². The Hall–Kier alpha value is -3.18. The van der Waals surface area contributed by atoms with Gasteiger partial charge in [-0.3, -0.25) is 0 Å². The van der Waals surface area contributed by atoms with Gasteiger partial charge in [-0.2, -0.15) is 0 Å². The van der Waals surface area contributed by atoms with Crippen LogP contribution in [0.2, 0.25) is 0 Å². The van der Waals surface area contributed by atoms with E-state index >= 15 is 0 Å². The lowest BCUT2D eigenvalue weighted by Crippen LogP contribution is -2.33. The standard InChI is InChI=1S/C23H22N2O2S/c1-16-8-6-11-18(14-16)21(17-9-4-3-5-10-17)25-23(28)24-20-13-7-12-19(15-20)22(26)27-2/h3-15,21H,1-2H3,(H2,24,25,28). The van der Waals surface area contributed by atoms with Crippen molar-refractivity contribution in [1.29, 1.82) is 0 Å². The van der Waals surface area contributed by atoms with Crippen molar-refractivity contribution < 1.29 is 9.53 Å². The fraction of sp³-hybridized carbons (Fsp3) is 0.130. The van der Waals surface area contributed by atoms with Crippen molar-refractivity contribution in [1.82, 2.24) is 5.32 Å². The van der Waals surface area contributed by atoms with Crippen LogP contribution in [0.15, 0.2) is 78.9 Å². The van der Waals surface area contributed by atoms with E-state index < -0.39 is 0 Å². The number of nitrogens with one attached hydrogen (secondary N) is 2. The molecule has 4 nitrogen and oxygen atoms in total. The predicted octanol–water partition coefficient (Wildman–Crippen LogP) is 4.86. The van der Waals surface area contributed by atoms with Crippen molar-refractivity contribution >= 4 is 29.0 Å². The number of rotatable bonds is 5. The monoisotopic (exact) mass is 390 g/mol. The molecule has 0 saturated heterocycles. The summed E-state index contributed by atoms with van der Waals surface area (Å²) in [6.07, 6.45) is 0. The fourth-order valence-corrected chi connectivity index (χ4v) is 3.23. The highest BCUT2D eigenvalue weighted by Gasteiger charge is 2.15. The van der Waals surface area contributed by atoms with Crippen molar-refractivity contribution in [3.8, 4) is 0 Å². The lowest BCUT2D eigenvalue weighted by molar-refractivity contribution is 0.0601. The van der Waals surface area contributed by atoms with Crippen LogP contribution in [0.3, 0.4) is 0 Å². The number of aryl methyl sites for hydroxylation is 1. The van der Waals surface area contributed by atoms with Crippen LogP contribution < -0.4 is 10.6 Å². The molecule has 0 heterocycles. The van der Waals surface area contributed by atoms with Gasteiger partial charge in [0.2, 0.25) is 0 Å². The fourth-order valence-electron chi connectivity index (χ4n) is 2.99. The minimum atomic E-state index is -0.385. The average Bonchev–Trinajstić information content (AvgIpc) is 2.72. The van der Waals surface area contributed by atoms with Crippen LogP contribution in [0.4, 0.5) is 5.69 Å². The molecule has 1 unspecified atom stereocenters. The summed E-state index contributed by atoms with van der Waals surface area (Å²) in [5.74, 6) is -0.385. The number of thiocarbonyl (C=S) groups is 1. The second-order valence-electron chi connectivity index (χ2n) is 6.43. The summed E-state index contributed by atoms with van der Waals surface area (Å²) in [6.45, 7) is 2.07. The number of hydrogen-bond acceptors (Lipinski definition) is 3. The molecule has 0 spiro atoms. The highest BCUT2D eigenvalue weighted by atomic mass is 32.1. The van der Waals surface area contributed by atoms with Gasteiger partial charge >= 0.3 is 5.97 Å². The van der Waals surface area contributed by atoms with E-state index in [2.05, 4.69) is 47.9 Å². The Morgan fingerprint density at radius 3 is 2.36 bits per heavy atom. The maximum Gasteiger partial charge on any atom is 0.337 e. The minimum absolute atomic E-state index is 0.0927. The first-order chi connectivity index (χ1) is 13.6. The number of hydrogen-bond donors (Lipinski definition) is 2. The lowest BCUT2D eigenvalue weighted by Gasteiger charge is -2.22. The van der Waals surface area contributed by atoms with Gasteiger partial charge in [-0.05, 0) is 48.5 Å². The molecule has 0 aromatic heterocycles. The van der Waals surface area contributed by atoms with E-state index in [1.165, 1.54) is 12.7 Å². The maximum atomic E-state index is 11.7. The molecule has 0 radical (unpaired) electrons. The van der Waals surface area contributed by atoms with Gasteiger partial charge in [0, 0.05) is 5.69 Å². The molecule has 3 aromatic rings. The molecule has 0 amide bonds. The van der Waals surface area contributed by atoms with Gasteiger partial charge in [0.05, 0.1) is 18.7 Å². The van der Waals surface area contributed by atoms with Crippen molar-refractivity contribution in [2.24, 2.45) is 0 Å². The number of ether oxygens (including phenoxy) is 1. The molecule has 3 rings (SSSR count).